The van der Waals surface area contributed by atoms with Crippen molar-refractivity contribution in [1.82, 2.24) is 19.7 Å². The predicted molar refractivity (Wildman–Crippen MR) is 81.1 cm³/mol. The minimum Gasteiger partial charge on any atom is -0.481 e. The molecule has 3 heterocycles. The van der Waals surface area contributed by atoms with E-state index in [-0.39, 0.29) is 0 Å². The average molecular weight is 286 g/mol. The van der Waals surface area contributed by atoms with E-state index in [2.05, 4.69) is 27.2 Å². The number of hydrogen-bond donors (Lipinski definition) is 0. The van der Waals surface area contributed by atoms with Gasteiger partial charge in [0.25, 0.3) is 0 Å². The van der Waals surface area contributed by atoms with Crippen molar-refractivity contribution in [3.05, 3.63) is 41.9 Å². The highest BCUT2D eigenvalue weighted by molar-refractivity contribution is 5.15. The van der Waals surface area contributed by atoms with Gasteiger partial charge in [0.1, 0.15) is 0 Å². The molecule has 5 nitrogen and oxygen atoms in total. The van der Waals surface area contributed by atoms with Crippen molar-refractivity contribution in [3.8, 4) is 5.88 Å². The zero-order valence-corrected chi connectivity index (χ0v) is 12.7. The van der Waals surface area contributed by atoms with Crippen LogP contribution >= 0.6 is 0 Å². The highest BCUT2D eigenvalue weighted by Gasteiger charge is 2.23. The molecule has 1 saturated heterocycles. The minimum absolute atomic E-state index is 0.693. The first-order valence-electron chi connectivity index (χ1n) is 7.43. The van der Waals surface area contributed by atoms with Crippen molar-refractivity contribution >= 4 is 0 Å². The van der Waals surface area contributed by atoms with E-state index in [1.54, 1.807) is 7.11 Å². The molecule has 0 bridgehead atoms. The third-order valence-corrected chi connectivity index (χ3v) is 4.03. The van der Waals surface area contributed by atoms with Gasteiger partial charge in [0.15, 0.2) is 0 Å². The van der Waals surface area contributed by atoms with Crippen LogP contribution in [0, 0.1) is 5.92 Å². The highest BCUT2D eigenvalue weighted by Crippen LogP contribution is 2.22. The summed E-state index contributed by atoms with van der Waals surface area (Å²) < 4.78 is 7.06. The second-order valence-corrected chi connectivity index (χ2v) is 5.79. The Labute approximate surface area is 125 Å². The first kappa shape index (κ1) is 14.1. The number of ether oxygens (including phenoxy) is 1. The van der Waals surface area contributed by atoms with Gasteiger partial charge in [-0.3, -0.25) is 9.58 Å². The van der Waals surface area contributed by atoms with E-state index in [1.807, 2.05) is 30.1 Å². The maximum absolute atomic E-state index is 5.18. The molecule has 0 amide bonds. The first-order chi connectivity index (χ1) is 10.2. The molecule has 21 heavy (non-hydrogen) atoms. The van der Waals surface area contributed by atoms with E-state index in [0.29, 0.717) is 5.88 Å². The molecule has 1 aliphatic heterocycles. The molecule has 0 saturated carbocycles. The summed E-state index contributed by atoms with van der Waals surface area (Å²) in [5.41, 5.74) is 2.42. The second-order valence-electron chi connectivity index (χ2n) is 5.79. The number of methoxy groups -OCH3 is 1. The van der Waals surface area contributed by atoms with Gasteiger partial charge in [-0.1, -0.05) is 6.07 Å². The summed E-state index contributed by atoms with van der Waals surface area (Å²) in [5, 5.41) is 4.24. The molecule has 1 aliphatic rings. The Morgan fingerprint density at radius 3 is 3.05 bits per heavy atom. The van der Waals surface area contributed by atoms with Crippen LogP contribution in [0.5, 0.6) is 5.88 Å². The van der Waals surface area contributed by atoms with Crippen molar-refractivity contribution in [2.75, 3.05) is 20.2 Å². The number of aromatic nitrogens is 3. The molecule has 0 spiro atoms. The molecule has 0 unspecified atom stereocenters. The Balaban J connectivity index is 1.54. The number of aryl methyl sites for hydroxylation is 1. The predicted octanol–water partition coefficient (Wildman–Crippen LogP) is 1.89. The molecule has 5 heteroatoms. The van der Waals surface area contributed by atoms with E-state index in [4.69, 9.17) is 4.74 Å². The third-order valence-electron chi connectivity index (χ3n) is 4.03. The Morgan fingerprint density at radius 1 is 1.38 bits per heavy atom. The molecule has 0 aliphatic carbocycles. The normalized spacial score (nSPS) is 19.0. The lowest BCUT2D eigenvalue weighted by atomic mass is 10.0. The van der Waals surface area contributed by atoms with Crippen LogP contribution in [0.25, 0.3) is 0 Å². The summed E-state index contributed by atoms with van der Waals surface area (Å²) in [6, 6.07) is 5.96. The summed E-state index contributed by atoms with van der Waals surface area (Å²) in [5.74, 6) is 1.42. The monoisotopic (exact) mass is 286 g/mol. The van der Waals surface area contributed by atoms with Crippen LogP contribution in [0.4, 0.5) is 0 Å². The zero-order valence-electron chi connectivity index (χ0n) is 12.7. The van der Waals surface area contributed by atoms with Crippen LogP contribution in [0.2, 0.25) is 0 Å². The van der Waals surface area contributed by atoms with Crippen molar-refractivity contribution in [2.45, 2.75) is 19.4 Å². The Hall–Kier alpha value is -1.88. The number of hydrogen-bond acceptors (Lipinski definition) is 4. The minimum atomic E-state index is 0.693. The maximum Gasteiger partial charge on any atom is 0.213 e. The lowest BCUT2D eigenvalue weighted by Crippen LogP contribution is -2.21. The summed E-state index contributed by atoms with van der Waals surface area (Å²) in [7, 11) is 3.63. The zero-order chi connectivity index (χ0) is 14.7. The SMILES string of the molecule is COc1cccc(CN2CC[C@H](Cc3cnn(C)c3)C2)n1. The van der Waals surface area contributed by atoms with Gasteiger partial charge < -0.3 is 4.74 Å². The van der Waals surface area contributed by atoms with Crippen LogP contribution in [0.15, 0.2) is 30.6 Å². The fourth-order valence-electron chi connectivity index (χ4n) is 3.02. The molecular weight excluding hydrogens is 264 g/mol. The molecule has 0 radical (unpaired) electrons. The number of rotatable bonds is 5. The molecule has 0 N–H and O–H groups in total. The van der Waals surface area contributed by atoms with Crippen molar-refractivity contribution < 1.29 is 4.74 Å². The number of likely N-dealkylation sites (tertiary alicyclic amines) is 1. The van der Waals surface area contributed by atoms with Gasteiger partial charge in [0.05, 0.1) is 19.0 Å². The maximum atomic E-state index is 5.18. The molecule has 3 rings (SSSR count). The lowest BCUT2D eigenvalue weighted by molar-refractivity contribution is 0.309. The van der Waals surface area contributed by atoms with Crippen LogP contribution < -0.4 is 4.74 Å². The van der Waals surface area contributed by atoms with Gasteiger partial charge in [-0.15, -0.1) is 0 Å². The summed E-state index contributed by atoms with van der Waals surface area (Å²) >= 11 is 0. The Morgan fingerprint density at radius 2 is 2.29 bits per heavy atom. The molecular formula is C16H22N4O. The van der Waals surface area contributed by atoms with Gasteiger partial charge in [-0.25, -0.2) is 4.98 Å². The van der Waals surface area contributed by atoms with Crippen LogP contribution in [-0.4, -0.2) is 39.9 Å². The largest absolute Gasteiger partial charge is 0.481 e. The Bertz CT molecular complexity index is 595. The number of nitrogens with zero attached hydrogens (tertiary/aromatic N) is 4. The van der Waals surface area contributed by atoms with Crippen LogP contribution in [-0.2, 0) is 20.0 Å². The molecule has 2 aromatic heterocycles. The van der Waals surface area contributed by atoms with Gasteiger partial charge >= 0.3 is 0 Å². The molecule has 1 atom stereocenters. The average Bonchev–Trinajstić information content (AvgIpc) is 3.09. The van der Waals surface area contributed by atoms with Gasteiger partial charge in [-0.05, 0) is 36.9 Å². The van der Waals surface area contributed by atoms with E-state index in [9.17, 15) is 0 Å². The molecule has 2 aromatic rings. The van der Waals surface area contributed by atoms with Crippen molar-refractivity contribution in [2.24, 2.45) is 13.0 Å². The summed E-state index contributed by atoms with van der Waals surface area (Å²) in [4.78, 5) is 6.96. The molecule has 112 valence electrons. The molecule has 1 fully saturated rings. The van der Waals surface area contributed by atoms with E-state index in [1.165, 1.54) is 12.0 Å². The fourth-order valence-corrected chi connectivity index (χ4v) is 3.02. The van der Waals surface area contributed by atoms with Crippen LogP contribution in [0.1, 0.15) is 17.7 Å². The van der Waals surface area contributed by atoms with Gasteiger partial charge in [-0.2, -0.15) is 5.10 Å². The number of pyridine rings is 1. The summed E-state index contributed by atoms with van der Waals surface area (Å²) in [6.07, 6.45) is 6.47. The van der Waals surface area contributed by atoms with Gasteiger partial charge in [0, 0.05) is 32.4 Å². The second kappa shape index (κ2) is 6.26. The van der Waals surface area contributed by atoms with Crippen LogP contribution in [0.3, 0.4) is 0 Å². The first-order valence-corrected chi connectivity index (χ1v) is 7.43. The van der Waals surface area contributed by atoms with Crippen molar-refractivity contribution in [3.63, 3.8) is 0 Å². The Kier molecular flexibility index (Phi) is 4.20. The fraction of sp³-hybridized carbons (Fsp3) is 0.500. The lowest BCUT2D eigenvalue weighted by Gasteiger charge is -2.15. The highest BCUT2D eigenvalue weighted by atomic mass is 16.5. The third kappa shape index (κ3) is 3.61. The topological polar surface area (TPSA) is 43.2 Å². The smallest absolute Gasteiger partial charge is 0.213 e. The van der Waals surface area contributed by atoms with Crippen molar-refractivity contribution in [1.29, 1.82) is 0 Å². The molecule has 0 aromatic carbocycles. The van der Waals surface area contributed by atoms with E-state index in [0.717, 1.165) is 37.7 Å². The quantitative estimate of drug-likeness (QED) is 0.842. The van der Waals surface area contributed by atoms with Gasteiger partial charge in [0.2, 0.25) is 5.88 Å². The van der Waals surface area contributed by atoms with E-state index >= 15 is 0 Å². The summed E-state index contributed by atoms with van der Waals surface area (Å²) in [6.45, 7) is 3.18. The van der Waals surface area contributed by atoms with E-state index < -0.39 is 0 Å². The standard InChI is InChI=1S/C16H22N4O/c1-19-10-14(9-17-19)8-13-6-7-20(11-13)12-15-4-3-5-16(18-15)21-2/h3-5,9-10,13H,6-8,11-12H2,1-2H3/t13-/m1/s1.